The highest BCUT2D eigenvalue weighted by molar-refractivity contribution is 7.17. The van der Waals surface area contributed by atoms with Gasteiger partial charge in [0.15, 0.2) is 5.78 Å². The maximum atomic E-state index is 14.3. The molecule has 1 aliphatic rings. The second kappa shape index (κ2) is 18.0. The predicted molar refractivity (Wildman–Crippen MR) is 212 cm³/mol. The first-order valence-electron chi connectivity index (χ1n) is 18.8. The molecule has 0 bridgehead atoms. The minimum atomic E-state index is -1.02. The van der Waals surface area contributed by atoms with E-state index in [1.165, 1.54) is 23.6 Å². The highest BCUT2D eigenvalue weighted by atomic mass is 32.1. The Bertz CT molecular complexity index is 2050. The quantitative estimate of drug-likeness (QED) is 0.0905. The Morgan fingerprint density at radius 2 is 1.64 bits per heavy atom. The number of hydrogen-bond acceptors (Lipinski definition) is 8. The van der Waals surface area contributed by atoms with Crippen molar-refractivity contribution in [1.82, 2.24) is 19.6 Å². The molecule has 292 valence electrons. The molecular weight excluding hydrogens is 719 g/mol. The van der Waals surface area contributed by atoms with Crippen molar-refractivity contribution in [3.8, 4) is 0 Å². The molecule has 2 amide bonds. The van der Waals surface area contributed by atoms with Gasteiger partial charge in [0.05, 0.1) is 35.9 Å². The van der Waals surface area contributed by atoms with E-state index in [0.29, 0.717) is 54.3 Å². The number of benzene rings is 2. The van der Waals surface area contributed by atoms with Crippen LogP contribution < -0.4 is 5.32 Å². The molecule has 0 unspecified atom stereocenters. The zero-order valence-electron chi connectivity index (χ0n) is 32.3. The van der Waals surface area contributed by atoms with E-state index in [2.05, 4.69) is 43.0 Å². The van der Waals surface area contributed by atoms with Crippen LogP contribution >= 0.6 is 11.3 Å². The number of rotatable bonds is 18. The average molecular weight is 770 g/mol. The summed E-state index contributed by atoms with van der Waals surface area (Å²) >= 11 is 1.46. The number of amides is 2. The molecule has 12 nitrogen and oxygen atoms in total. The van der Waals surface area contributed by atoms with Crippen LogP contribution in [0.15, 0.2) is 60.9 Å². The minimum absolute atomic E-state index is 0.0406. The van der Waals surface area contributed by atoms with Crippen LogP contribution in [0.1, 0.15) is 118 Å². The summed E-state index contributed by atoms with van der Waals surface area (Å²) in [5.41, 5.74) is 4.22. The van der Waals surface area contributed by atoms with Gasteiger partial charge in [-0.1, -0.05) is 52.0 Å². The van der Waals surface area contributed by atoms with E-state index in [0.717, 1.165) is 47.3 Å². The van der Waals surface area contributed by atoms with E-state index in [-0.39, 0.29) is 47.5 Å². The molecule has 0 atom stereocenters. The lowest BCUT2D eigenvalue weighted by Crippen LogP contribution is -2.41. The average Bonchev–Trinajstić information content (AvgIpc) is 3.76. The molecule has 3 N–H and O–H groups in total. The number of thiophene rings is 1. The maximum Gasteiger partial charge on any atom is 0.335 e. The number of carboxylic acids is 2. The molecule has 4 aromatic rings. The van der Waals surface area contributed by atoms with E-state index in [4.69, 9.17) is 5.11 Å². The largest absolute Gasteiger partial charge is 0.481 e. The van der Waals surface area contributed by atoms with Crippen molar-refractivity contribution in [3.05, 3.63) is 105 Å². The Hall–Kier alpha value is -5.14. The normalized spacial score (nSPS) is 13.4. The van der Waals surface area contributed by atoms with Crippen LogP contribution in [0.3, 0.4) is 0 Å². The maximum absolute atomic E-state index is 14.3. The van der Waals surface area contributed by atoms with Crippen LogP contribution in [-0.2, 0) is 35.5 Å². The number of anilines is 1. The second-order valence-corrected chi connectivity index (χ2v) is 16.2. The monoisotopic (exact) mass is 769 g/mol. The predicted octanol–water partition coefficient (Wildman–Crippen LogP) is 7.00. The summed E-state index contributed by atoms with van der Waals surface area (Å²) in [6, 6.07) is 14.3. The van der Waals surface area contributed by atoms with Gasteiger partial charge in [-0.15, -0.1) is 11.3 Å². The Morgan fingerprint density at radius 3 is 2.33 bits per heavy atom. The van der Waals surface area contributed by atoms with Crippen LogP contribution in [-0.4, -0.2) is 85.5 Å². The highest BCUT2D eigenvalue weighted by Gasteiger charge is 2.33. The molecule has 0 saturated heterocycles. The number of ketones is 1. The third-order valence-corrected chi connectivity index (χ3v) is 11.5. The summed E-state index contributed by atoms with van der Waals surface area (Å²) in [5, 5.41) is 26.4. The zero-order chi connectivity index (χ0) is 39.9. The first-order chi connectivity index (χ1) is 26.2. The number of carbonyl (C=O) groups is 5. The molecule has 0 fully saturated rings. The first-order valence-corrected chi connectivity index (χ1v) is 19.6. The SMILES string of the molecule is CCC(CC)N(CCN(C)C(=O)CCC(=O)O)Cc1cccc(C(=O)Nc2sc3c(c2C(=O)c2cnn(Cc4cccc(C(=O)O)c4)c2)CCC(C)(C)C3)c1. The molecule has 55 heavy (non-hydrogen) atoms. The third-order valence-electron chi connectivity index (χ3n) is 10.4. The summed E-state index contributed by atoms with van der Waals surface area (Å²) < 4.78 is 1.61. The summed E-state index contributed by atoms with van der Waals surface area (Å²) in [6.45, 7) is 10.6. The summed E-state index contributed by atoms with van der Waals surface area (Å²) in [4.78, 5) is 68.1. The van der Waals surface area contributed by atoms with Crippen molar-refractivity contribution in [3.63, 3.8) is 0 Å². The fourth-order valence-corrected chi connectivity index (χ4v) is 8.66. The summed E-state index contributed by atoms with van der Waals surface area (Å²) in [5.74, 6) is -2.76. The van der Waals surface area contributed by atoms with Gasteiger partial charge in [0.25, 0.3) is 5.91 Å². The Kier molecular flexibility index (Phi) is 13.4. The number of carbonyl (C=O) groups excluding carboxylic acids is 3. The van der Waals surface area contributed by atoms with E-state index in [1.54, 1.807) is 41.0 Å². The van der Waals surface area contributed by atoms with Crippen molar-refractivity contribution in [2.75, 3.05) is 25.5 Å². The van der Waals surface area contributed by atoms with Gasteiger partial charge in [0, 0.05) is 55.8 Å². The molecule has 0 saturated carbocycles. The number of aromatic carboxylic acids is 1. The molecule has 0 spiro atoms. The lowest BCUT2D eigenvalue weighted by atomic mass is 9.76. The third kappa shape index (κ3) is 10.5. The van der Waals surface area contributed by atoms with Crippen LogP contribution in [0.4, 0.5) is 5.00 Å². The fraction of sp³-hybridized carbons (Fsp3) is 0.429. The first kappa shape index (κ1) is 41.0. The van der Waals surface area contributed by atoms with Crippen LogP contribution in [0, 0.1) is 5.41 Å². The van der Waals surface area contributed by atoms with Crippen LogP contribution in [0.5, 0.6) is 0 Å². The lowest BCUT2D eigenvalue weighted by molar-refractivity contribution is -0.140. The second-order valence-electron chi connectivity index (χ2n) is 15.1. The molecule has 5 rings (SSSR count). The van der Waals surface area contributed by atoms with Crippen molar-refractivity contribution in [1.29, 1.82) is 0 Å². The number of aliphatic carboxylic acids is 1. The van der Waals surface area contributed by atoms with Gasteiger partial charge in [0.1, 0.15) is 5.00 Å². The van der Waals surface area contributed by atoms with Gasteiger partial charge >= 0.3 is 11.9 Å². The van der Waals surface area contributed by atoms with Gasteiger partial charge in [0.2, 0.25) is 5.91 Å². The smallest absolute Gasteiger partial charge is 0.335 e. The Labute approximate surface area is 326 Å². The van der Waals surface area contributed by atoms with Crippen molar-refractivity contribution >= 4 is 45.9 Å². The van der Waals surface area contributed by atoms with E-state index >= 15 is 0 Å². The van der Waals surface area contributed by atoms with Crippen molar-refractivity contribution in [2.24, 2.45) is 5.41 Å². The molecular formula is C42H51N5O7S. The van der Waals surface area contributed by atoms with Gasteiger partial charge in [-0.2, -0.15) is 5.10 Å². The van der Waals surface area contributed by atoms with Crippen molar-refractivity contribution in [2.45, 2.75) is 91.8 Å². The molecule has 2 heterocycles. The van der Waals surface area contributed by atoms with Gasteiger partial charge < -0.3 is 20.4 Å². The summed E-state index contributed by atoms with van der Waals surface area (Å²) in [7, 11) is 1.69. The van der Waals surface area contributed by atoms with E-state index in [9.17, 15) is 29.1 Å². The van der Waals surface area contributed by atoms with E-state index < -0.39 is 11.9 Å². The van der Waals surface area contributed by atoms with E-state index in [1.807, 2.05) is 24.3 Å². The Morgan fingerprint density at radius 1 is 0.945 bits per heavy atom. The van der Waals surface area contributed by atoms with Crippen LogP contribution in [0.25, 0.3) is 0 Å². The molecule has 13 heteroatoms. The standard InChI is InChI=1S/C42H51N5O7S/c1-6-32(7-2)46(19-18-45(5)35(48)14-15-36(49)50)24-27-10-8-12-29(20-27)39(52)44-40-37(33-16-17-42(3,4)22-34(33)55-40)38(51)31-23-43-47(26-31)25-28-11-9-13-30(21-28)41(53)54/h8-13,20-21,23,26,32H,6-7,14-19,22,24-25H2,1-5H3,(H,44,52)(H,49,50)(H,53,54). The molecule has 0 radical (unpaired) electrons. The van der Waals surface area contributed by atoms with Gasteiger partial charge in [-0.3, -0.25) is 28.8 Å². The zero-order valence-corrected chi connectivity index (χ0v) is 33.1. The fourth-order valence-electron chi connectivity index (χ4n) is 7.16. The molecule has 2 aromatic heterocycles. The molecule has 1 aliphatic carbocycles. The minimum Gasteiger partial charge on any atom is -0.481 e. The van der Waals surface area contributed by atoms with Gasteiger partial charge in [-0.05, 0) is 78.5 Å². The van der Waals surface area contributed by atoms with Crippen molar-refractivity contribution < 1.29 is 34.2 Å². The topological polar surface area (TPSA) is 162 Å². The molecule has 2 aromatic carbocycles. The lowest BCUT2D eigenvalue weighted by Gasteiger charge is -2.32. The number of fused-ring (bicyclic) bond motifs is 1. The number of likely N-dealkylation sites (N-methyl/N-ethyl adjacent to an activating group) is 1. The number of nitrogens with one attached hydrogen (secondary N) is 1. The number of nitrogens with zero attached hydrogens (tertiary/aromatic N) is 4. The highest BCUT2D eigenvalue weighted by Crippen LogP contribution is 2.44. The van der Waals surface area contributed by atoms with Gasteiger partial charge in [-0.25, -0.2) is 4.79 Å². The molecule has 0 aliphatic heterocycles. The number of hydrogen-bond donors (Lipinski definition) is 3. The Balaban J connectivity index is 1.35. The number of carboxylic acid groups (broad SMARTS) is 2. The summed E-state index contributed by atoms with van der Waals surface area (Å²) in [6.07, 6.45) is 7.17. The number of aromatic nitrogens is 2. The van der Waals surface area contributed by atoms with Crippen LogP contribution in [0.2, 0.25) is 0 Å².